The van der Waals surface area contributed by atoms with Gasteiger partial charge in [-0.05, 0) is 32.6 Å². The van der Waals surface area contributed by atoms with E-state index in [9.17, 15) is 4.79 Å². The highest BCUT2D eigenvalue weighted by molar-refractivity contribution is 5.78. The number of hydrogen-bond donors (Lipinski definition) is 2. The number of rotatable bonds is 6. The van der Waals surface area contributed by atoms with E-state index >= 15 is 0 Å². The van der Waals surface area contributed by atoms with Crippen LogP contribution in [0.1, 0.15) is 50.6 Å². The molecule has 1 saturated heterocycles. The highest BCUT2D eigenvalue weighted by atomic mass is 16.6. The average Bonchev–Trinajstić information content (AvgIpc) is 2.95. The molecule has 1 aromatic heterocycles. The fourth-order valence-corrected chi connectivity index (χ4v) is 3.41. The fourth-order valence-electron chi connectivity index (χ4n) is 3.41. The van der Waals surface area contributed by atoms with Crippen LogP contribution in [0, 0.1) is 0 Å². The number of aromatic nitrogens is 2. The van der Waals surface area contributed by atoms with Gasteiger partial charge in [0.1, 0.15) is 0 Å². The molecule has 0 aliphatic carbocycles. The summed E-state index contributed by atoms with van der Waals surface area (Å²) in [5.74, 6) is 0.451. The van der Waals surface area contributed by atoms with E-state index < -0.39 is 0 Å². The highest BCUT2D eigenvalue weighted by Crippen LogP contribution is 2.16. The smallest absolute Gasteiger partial charge is 0.409 e. The average molecular weight is 364 g/mol. The summed E-state index contributed by atoms with van der Waals surface area (Å²) < 4.78 is 6.98. The Morgan fingerprint density at radius 2 is 2.00 bits per heavy atom. The van der Waals surface area contributed by atoms with Gasteiger partial charge in [-0.25, -0.2) is 9.79 Å². The van der Waals surface area contributed by atoms with Crippen molar-refractivity contribution in [1.82, 2.24) is 20.0 Å². The molecule has 2 rings (SSSR count). The molecule has 3 N–H and O–H groups in total. The molecular formula is C18H32N6O2. The van der Waals surface area contributed by atoms with Crippen molar-refractivity contribution in [1.29, 1.82) is 0 Å². The normalized spacial score (nSPS) is 16.0. The van der Waals surface area contributed by atoms with Gasteiger partial charge >= 0.3 is 6.09 Å². The van der Waals surface area contributed by atoms with E-state index in [1.165, 1.54) is 11.3 Å². The second-order valence-electron chi connectivity index (χ2n) is 6.51. The lowest BCUT2D eigenvalue weighted by molar-refractivity contribution is 0.0963. The molecule has 0 aromatic carbocycles. The van der Waals surface area contributed by atoms with E-state index in [0.29, 0.717) is 32.2 Å². The number of nitrogens with one attached hydrogen (secondary N) is 1. The second-order valence-corrected chi connectivity index (χ2v) is 6.51. The minimum atomic E-state index is -0.233. The lowest BCUT2D eigenvalue weighted by Crippen LogP contribution is -2.48. The fraction of sp³-hybridized carbons (Fsp3) is 0.722. The minimum absolute atomic E-state index is 0.231. The number of aryl methyl sites for hydroxylation is 2. The SMILES string of the molecule is CCOC(=O)N1CCC(NC(N)=NCc2c(CC)nn(C)c2CC)CC1. The first-order valence-electron chi connectivity index (χ1n) is 9.51. The Hall–Kier alpha value is -2.25. The molecule has 0 atom stereocenters. The molecule has 0 saturated carbocycles. The third-order valence-electron chi connectivity index (χ3n) is 4.81. The van der Waals surface area contributed by atoms with Crippen LogP contribution in [0.15, 0.2) is 4.99 Å². The largest absolute Gasteiger partial charge is 0.450 e. The van der Waals surface area contributed by atoms with Gasteiger partial charge in [0.05, 0.1) is 18.8 Å². The van der Waals surface area contributed by atoms with Crippen LogP contribution < -0.4 is 11.1 Å². The van der Waals surface area contributed by atoms with Crippen LogP contribution in [0.5, 0.6) is 0 Å². The van der Waals surface area contributed by atoms with Crippen LogP contribution in [0.4, 0.5) is 4.79 Å². The molecule has 1 aromatic rings. The number of amides is 1. The molecule has 1 aliphatic heterocycles. The maximum atomic E-state index is 11.7. The zero-order chi connectivity index (χ0) is 19.1. The number of nitrogens with two attached hydrogens (primary N) is 1. The number of ether oxygens (including phenoxy) is 1. The molecule has 1 fully saturated rings. The Balaban J connectivity index is 1.89. The molecule has 0 radical (unpaired) electrons. The molecule has 0 unspecified atom stereocenters. The van der Waals surface area contributed by atoms with E-state index in [0.717, 1.165) is 31.4 Å². The summed E-state index contributed by atoms with van der Waals surface area (Å²) in [5.41, 5.74) is 9.57. The van der Waals surface area contributed by atoms with E-state index in [1.54, 1.807) is 4.90 Å². The Morgan fingerprint density at radius 1 is 1.31 bits per heavy atom. The van der Waals surface area contributed by atoms with Crippen LogP contribution in [-0.2, 0) is 31.2 Å². The van der Waals surface area contributed by atoms with Crippen LogP contribution in [0.25, 0.3) is 0 Å². The first-order chi connectivity index (χ1) is 12.5. The van der Waals surface area contributed by atoms with Gasteiger partial charge in [0.2, 0.25) is 0 Å². The number of carbonyl (C=O) groups is 1. The van der Waals surface area contributed by atoms with Crippen molar-refractivity contribution in [2.24, 2.45) is 17.8 Å². The van der Waals surface area contributed by atoms with Gasteiger partial charge in [0.15, 0.2) is 5.96 Å². The van der Waals surface area contributed by atoms with Crippen LogP contribution >= 0.6 is 0 Å². The first kappa shape index (κ1) is 20.1. The summed E-state index contributed by atoms with van der Waals surface area (Å²) in [7, 11) is 1.98. The van der Waals surface area contributed by atoms with Crippen LogP contribution in [0.3, 0.4) is 0 Å². The predicted octanol–water partition coefficient (Wildman–Crippen LogP) is 1.57. The lowest BCUT2D eigenvalue weighted by atomic mass is 10.1. The van der Waals surface area contributed by atoms with Crippen molar-refractivity contribution in [3.05, 3.63) is 17.0 Å². The van der Waals surface area contributed by atoms with Gasteiger partial charge in [-0.1, -0.05) is 13.8 Å². The Bertz CT molecular complexity index is 632. The van der Waals surface area contributed by atoms with Crippen LogP contribution in [0.2, 0.25) is 0 Å². The maximum Gasteiger partial charge on any atom is 0.409 e. The van der Waals surface area contributed by atoms with Crippen molar-refractivity contribution in [2.45, 2.75) is 59.0 Å². The summed E-state index contributed by atoms with van der Waals surface area (Å²) in [5, 5.41) is 7.85. The summed E-state index contributed by atoms with van der Waals surface area (Å²) >= 11 is 0. The molecule has 8 heteroatoms. The topological polar surface area (TPSA) is 97.8 Å². The molecule has 0 bridgehead atoms. The number of likely N-dealkylation sites (tertiary alicyclic amines) is 1. The van der Waals surface area contributed by atoms with Gasteiger partial charge in [-0.2, -0.15) is 5.10 Å². The van der Waals surface area contributed by atoms with Crippen molar-refractivity contribution in [2.75, 3.05) is 19.7 Å². The van der Waals surface area contributed by atoms with Gasteiger partial charge in [0, 0.05) is 37.4 Å². The lowest BCUT2D eigenvalue weighted by Gasteiger charge is -2.31. The van der Waals surface area contributed by atoms with Crippen molar-refractivity contribution in [3.8, 4) is 0 Å². The first-order valence-corrected chi connectivity index (χ1v) is 9.51. The zero-order valence-electron chi connectivity index (χ0n) is 16.4. The standard InChI is InChI=1S/C18H32N6O2/c1-5-15-14(16(6-2)23(4)22-15)12-20-17(19)21-13-8-10-24(11-9-13)18(25)26-7-3/h13H,5-12H2,1-4H3,(H3,19,20,21). The molecule has 1 amide bonds. The summed E-state index contributed by atoms with van der Waals surface area (Å²) in [4.78, 5) is 18.0. The number of guanidine groups is 1. The molecule has 0 spiro atoms. The molecule has 146 valence electrons. The summed E-state index contributed by atoms with van der Waals surface area (Å²) in [6, 6.07) is 0.231. The Kier molecular flexibility index (Phi) is 7.29. The third-order valence-corrected chi connectivity index (χ3v) is 4.81. The Morgan fingerprint density at radius 3 is 2.58 bits per heavy atom. The van der Waals surface area contributed by atoms with Crippen molar-refractivity contribution in [3.63, 3.8) is 0 Å². The Labute approximate surface area is 155 Å². The van der Waals surface area contributed by atoms with Gasteiger partial charge in [0.25, 0.3) is 0 Å². The zero-order valence-corrected chi connectivity index (χ0v) is 16.4. The number of piperidine rings is 1. The predicted molar refractivity (Wildman–Crippen MR) is 102 cm³/mol. The number of carbonyl (C=O) groups excluding carboxylic acids is 1. The minimum Gasteiger partial charge on any atom is -0.450 e. The van der Waals surface area contributed by atoms with E-state index in [1.807, 2.05) is 18.7 Å². The van der Waals surface area contributed by atoms with E-state index in [2.05, 4.69) is 29.3 Å². The number of aliphatic imine (C=N–C) groups is 1. The number of nitrogens with zero attached hydrogens (tertiary/aromatic N) is 4. The summed E-state index contributed by atoms with van der Waals surface area (Å²) in [6.45, 7) is 8.35. The number of hydrogen-bond acceptors (Lipinski definition) is 4. The molecule has 1 aliphatic rings. The van der Waals surface area contributed by atoms with Gasteiger partial charge < -0.3 is 20.7 Å². The third kappa shape index (κ3) is 4.89. The maximum absolute atomic E-state index is 11.7. The molecule has 8 nitrogen and oxygen atoms in total. The molecule has 2 heterocycles. The summed E-state index contributed by atoms with van der Waals surface area (Å²) in [6.07, 6.45) is 3.25. The molecule has 26 heavy (non-hydrogen) atoms. The van der Waals surface area contributed by atoms with Crippen LogP contribution in [-0.4, -0.2) is 52.5 Å². The quantitative estimate of drug-likeness (QED) is 0.590. The van der Waals surface area contributed by atoms with E-state index in [-0.39, 0.29) is 12.1 Å². The van der Waals surface area contributed by atoms with Crippen molar-refractivity contribution < 1.29 is 9.53 Å². The second kappa shape index (κ2) is 9.45. The highest BCUT2D eigenvalue weighted by Gasteiger charge is 2.23. The monoisotopic (exact) mass is 364 g/mol. The molecular weight excluding hydrogens is 332 g/mol. The van der Waals surface area contributed by atoms with Crippen molar-refractivity contribution >= 4 is 12.1 Å². The van der Waals surface area contributed by atoms with Gasteiger partial charge in [-0.15, -0.1) is 0 Å². The van der Waals surface area contributed by atoms with E-state index in [4.69, 9.17) is 10.5 Å². The van der Waals surface area contributed by atoms with Gasteiger partial charge in [-0.3, -0.25) is 4.68 Å².